The van der Waals surface area contributed by atoms with Gasteiger partial charge in [0.2, 0.25) is 5.91 Å². The number of nitrogens with one attached hydrogen (secondary N) is 2. The molecular formula is C14H20N2O. The lowest BCUT2D eigenvalue weighted by Crippen LogP contribution is -2.31. The third-order valence-electron chi connectivity index (χ3n) is 3.11. The van der Waals surface area contributed by atoms with E-state index in [9.17, 15) is 4.79 Å². The van der Waals surface area contributed by atoms with Gasteiger partial charge in [0.05, 0.1) is 6.54 Å². The Labute approximate surface area is 103 Å². The summed E-state index contributed by atoms with van der Waals surface area (Å²) in [7, 11) is 0. The highest BCUT2D eigenvalue weighted by molar-refractivity contribution is 5.81. The largest absolute Gasteiger partial charge is 0.376 e. The molecule has 0 heterocycles. The van der Waals surface area contributed by atoms with Crippen LogP contribution in [0.1, 0.15) is 30.9 Å². The molecule has 1 amide bonds. The van der Waals surface area contributed by atoms with Crippen molar-refractivity contribution < 1.29 is 4.79 Å². The fraction of sp³-hybridized carbons (Fsp3) is 0.500. The molecule has 3 nitrogen and oxygen atoms in total. The maximum Gasteiger partial charge on any atom is 0.239 e. The van der Waals surface area contributed by atoms with Crippen LogP contribution in [0.3, 0.4) is 0 Å². The van der Waals surface area contributed by atoms with Gasteiger partial charge in [-0.3, -0.25) is 4.79 Å². The lowest BCUT2D eigenvalue weighted by molar-refractivity contribution is -0.119. The number of aryl methyl sites for hydroxylation is 2. The number of para-hydroxylation sites is 1. The molecule has 0 bridgehead atoms. The van der Waals surface area contributed by atoms with Crippen molar-refractivity contribution in [3.8, 4) is 0 Å². The van der Waals surface area contributed by atoms with Crippen LogP contribution in [0.2, 0.25) is 0 Å². The zero-order valence-electron chi connectivity index (χ0n) is 10.5. The minimum absolute atomic E-state index is 0.0952. The van der Waals surface area contributed by atoms with Crippen molar-refractivity contribution in [3.63, 3.8) is 0 Å². The number of rotatable bonds is 5. The summed E-state index contributed by atoms with van der Waals surface area (Å²) in [5.74, 6) is 0.0952. The first-order valence-corrected chi connectivity index (χ1v) is 6.32. The van der Waals surface area contributed by atoms with E-state index in [2.05, 4.69) is 42.7 Å². The Kier molecular flexibility index (Phi) is 3.67. The van der Waals surface area contributed by atoms with Gasteiger partial charge in [-0.25, -0.2) is 0 Å². The van der Waals surface area contributed by atoms with Gasteiger partial charge in [0.25, 0.3) is 0 Å². The van der Waals surface area contributed by atoms with Crippen molar-refractivity contribution >= 4 is 11.6 Å². The van der Waals surface area contributed by atoms with E-state index >= 15 is 0 Å². The molecule has 0 spiro atoms. The molecule has 1 saturated carbocycles. The summed E-state index contributed by atoms with van der Waals surface area (Å²) < 4.78 is 0. The number of carbonyl (C=O) groups is 1. The molecule has 92 valence electrons. The molecule has 2 rings (SSSR count). The predicted octanol–water partition coefficient (Wildman–Crippen LogP) is 2.25. The SMILES string of the molecule is CCc1cccc(C)c1NCC(=O)NC1CC1. The van der Waals surface area contributed by atoms with Crippen LogP contribution in [0.15, 0.2) is 18.2 Å². The van der Waals surface area contributed by atoms with Gasteiger partial charge in [0.1, 0.15) is 0 Å². The van der Waals surface area contributed by atoms with E-state index in [-0.39, 0.29) is 5.91 Å². The van der Waals surface area contributed by atoms with Crippen LogP contribution in [0.5, 0.6) is 0 Å². The monoisotopic (exact) mass is 232 g/mol. The second-order valence-corrected chi connectivity index (χ2v) is 4.66. The highest BCUT2D eigenvalue weighted by Gasteiger charge is 2.22. The molecule has 0 aliphatic heterocycles. The standard InChI is InChI=1S/C14H20N2O/c1-3-11-6-4-5-10(2)14(11)15-9-13(17)16-12-7-8-12/h4-6,12,15H,3,7-9H2,1-2H3,(H,16,17). The summed E-state index contributed by atoms with van der Waals surface area (Å²) in [6.45, 7) is 4.57. The average molecular weight is 232 g/mol. The molecule has 0 aromatic heterocycles. The summed E-state index contributed by atoms with van der Waals surface area (Å²) in [5.41, 5.74) is 3.58. The van der Waals surface area contributed by atoms with E-state index in [0.717, 1.165) is 24.9 Å². The van der Waals surface area contributed by atoms with Crippen LogP contribution in [-0.2, 0) is 11.2 Å². The second-order valence-electron chi connectivity index (χ2n) is 4.66. The van der Waals surface area contributed by atoms with Gasteiger partial charge >= 0.3 is 0 Å². The summed E-state index contributed by atoms with van der Waals surface area (Å²) in [4.78, 5) is 11.6. The Bertz CT molecular complexity index is 411. The minimum Gasteiger partial charge on any atom is -0.376 e. The summed E-state index contributed by atoms with van der Waals surface area (Å²) >= 11 is 0. The third kappa shape index (κ3) is 3.22. The number of hydrogen-bond acceptors (Lipinski definition) is 2. The molecule has 0 atom stereocenters. The highest BCUT2D eigenvalue weighted by Crippen LogP contribution is 2.21. The first-order valence-electron chi connectivity index (χ1n) is 6.32. The smallest absolute Gasteiger partial charge is 0.239 e. The predicted molar refractivity (Wildman–Crippen MR) is 70.2 cm³/mol. The van der Waals surface area contributed by atoms with E-state index < -0.39 is 0 Å². The van der Waals surface area contributed by atoms with Gasteiger partial charge in [0.15, 0.2) is 0 Å². The molecule has 1 aromatic rings. The van der Waals surface area contributed by atoms with Gasteiger partial charge in [-0.05, 0) is 37.3 Å². The highest BCUT2D eigenvalue weighted by atomic mass is 16.2. The quantitative estimate of drug-likeness (QED) is 0.817. The van der Waals surface area contributed by atoms with Crippen LogP contribution in [-0.4, -0.2) is 18.5 Å². The molecule has 1 aliphatic rings. The van der Waals surface area contributed by atoms with Crippen molar-refractivity contribution in [2.45, 2.75) is 39.2 Å². The summed E-state index contributed by atoms with van der Waals surface area (Å²) in [6.07, 6.45) is 3.25. The van der Waals surface area contributed by atoms with Gasteiger partial charge in [-0.2, -0.15) is 0 Å². The maximum absolute atomic E-state index is 11.6. The third-order valence-corrected chi connectivity index (χ3v) is 3.11. The fourth-order valence-corrected chi connectivity index (χ4v) is 1.95. The van der Waals surface area contributed by atoms with Crippen molar-refractivity contribution in [2.24, 2.45) is 0 Å². The molecular weight excluding hydrogens is 212 g/mol. The minimum atomic E-state index is 0.0952. The van der Waals surface area contributed by atoms with E-state index in [0.29, 0.717) is 12.6 Å². The van der Waals surface area contributed by atoms with Gasteiger partial charge in [-0.15, -0.1) is 0 Å². The molecule has 0 saturated heterocycles. The first-order chi connectivity index (χ1) is 8.20. The molecule has 2 N–H and O–H groups in total. The van der Waals surface area contributed by atoms with E-state index in [4.69, 9.17) is 0 Å². The number of benzene rings is 1. The van der Waals surface area contributed by atoms with Crippen LogP contribution < -0.4 is 10.6 Å². The molecule has 3 heteroatoms. The number of carbonyl (C=O) groups excluding carboxylic acids is 1. The summed E-state index contributed by atoms with van der Waals surface area (Å²) in [6, 6.07) is 6.67. The van der Waals surface area contributed by atoms with Crippen molar-refractivity contribution in [2.75, 3.05) is 11.9 Å². The zero-order chi connectivity index (χ0) is 12.3. The Morgan fingerprint density at radius 3 is 2.82 bits per heavy atom. The normalized spacial score (nSPS) is 14.5. The average Bonchev–Trinajstić information content (AvgIpc) is 3.11. The van der Waals surface area contributed by atoms with Crippen molar-refractivity contribution in [1.82, 2.24) is 5.32 Å². The van der Waals surface area contributed by atoms with E-state index in [1.54, 1.807) is 0 Å². The summed E-state index contributed by atoms with van der Waals surface area (Å²) in [5, 5.41) is 6.23. The van der Waals surface area contributed by atoms with E-state index in [1.807, 2.05) is 0 Å². The fourth-order valence-electron chi connectivity index (χ4n) is 1.95. The van der Waals surface area contributed by atoms with Gasteiger partial charge in [-0.1, -0.05) is 25.1 Å². The maximum atomic E-state index is 11.6. The van der Waals surface area contributed by atoms with Crippen LogP contribution in [0, 0.1) is 6.92 Å². The molecule has 1 aliphatic carbocycles. The Morgan fingerprint density at radius 1 is 1.41 bits per heavy atom. The zero-order valence-corrected chi connectivity index (χ0v) is 10.5. The number of hydrogen-bond donors (Lipinski definition) is 2. The van der Waals surface area contributed by atoms with Gasteiger partial charge < -0.3 is 10.6 Å². The molecule has 1 aromatic carbocycles. The molecule has 1 fully saturated rings. The van der Waals surface area contributed by atoms with Crippen molar-refractivity contribution in [3.05, 3.63) is 29.3 Å². The molecule has 17 heavy (non-hydrogen) atoms. The molecule has 0 radical (unpaired) electrons. The van der Waals surface area contributed by atoms with Gasteiger partial charge in [0, 0.05) is 11.7 Å². The molecule has 0 unspecified atom stereocenters. The lowest BCUT2D eigenvalue weighted by Gasteiger charge is -2.13. The van der Waals surface area contributed by atoms with Crippen LogP contribution >= 0.6 is 0 Å². The lowest BCUT2D eigenvalue weighted by atomic mass is 10.1. The van der Waals surface area contributed by atoms with Crippen molar-refractivity contribution in [1.29, 1.82) is 0 Å². The first kappa shape index (κ1) is 12.0. The Morgan fingerprint density at radius 2 is 2.18 bits per heavy atom. The Hall–Kier alpha value is -1.51. The number of anilines is 1. The van der Waals surface area contributed by atoms with E-state index in [1.165, 1.54) is 11.1 Å². The van der Waals surface area contributed by atoms with Crippen LogP contribution in [0.25, 0.3) is 0 Å². The second kappa shape index (κ2) is 5.21. The van der Waals surface area contributed by atoms with Crippen LogP contribution in [0.4, 0.5) is 5.69 Å². The number of amides is 1. The Balaban J connectivity index is 1.94. The topological polar surface area (TPSA) is 41.1 Å².